The summed E-state index contributed by atoms with van der Waals surface area (Å²) >= 11 is 1.79. The Morgan fingerprint density at radius 2 is 2.24 bits per heavy atom. The number of hydrogen-bond acceptors (Lipinski definition) is 4. The number of aromatic carboxylic acids is 1. The van der Waals surface area contributed by atoms with Gasteiger partial charge in [-0.05, 0) is 36.6 Å². The van der Waals surface area contributed by atoms with Crippen molar-refractivity contribution in [2.75, 3.05) is 36.2 Å². The second kappa shape index (κ2) is 6.39. The quantitative estimate of drug-likeness (QED) is 0.601. The molecule has 0 unspecified atom stereocenters. The molecule has 0 amide bonds. The number of hydrogen-bond donors (Lipinski definition) is 2. The highest BCUT2D eigenvalue weighted by Gasteiger charge is 2.13. The molecular formula is C12H18N2O2S. The second-order valence-corrected chi connectivity index (χ2v) is 4.84. The number of nitrogens with zero attached hydrogens (tertiary/aromatic N) is 1. The van der Waals surface area contributed by atoms with Crippen molar-refractivity contribution in [1.29, 1.82) is 0 Å². The summed E-state index contributed by atoms with van der Waals surface area (Å²) in [5.74, 6) is 0.130. The van der Waals surface area contributed by atoms with Gasteiger partial charge in [-0.25, -0.2) is 4.79 Å². The molecule has 0 aliphatic rings. The lowest BCUT2D eigenvalue weighted by Crippen LogP contribution is -2.21. The van der Waals surface area contributed by atoms with Crippen LogP contribution in [0, 0.1) is 0 Å². The molecule has 1 aromatic carbocycles. The van der Waals surface area contributed by atoms with E-state index in [1.54, 1.807) is 23.9 Å². The van der Waals surface area contributed by atoms with E-state index in [0.717, 1.165) is 18.7 Å². The number of thioether (sulfide) groups is 1. The Bertz CT molecular complexity index is 396. The van der Waals surface area contributed by atoms with E-state index in [1.165, 1.54) is 6.07 Å². The van der Waals surface area contributed by atoms with Crippen molar-refractivity contribution in [2.45, 2.75) is 6.42 Å². The molecule has 1 aromatic rings. The predicted octanol–water partition coefficient (Wildman–Crippen LogP) is 2.16. The van der Waals surface area contributed by atoms with Gasteiger partial charge in [0.25, 0.3) is 0 Å². The molecule has 0 aromatic heterocycles. The Morgan fingerprint density at radius 1 is 1.53 bits per heavy atom. The van der Waals surface area contributed by atoms with E-state index < -0.39 is 5.97 Å². The first-order valence-electron chi connectivity index (χ1n) is 5.39. The first kappa shape index (κ1) is 13.7. The zero-order valence-electron chi connectivity index (χ0n) is 10.1. The van der Waals surface area contributed by atoms with Crippen LogP contribution in [0.5, 0.6) is 0 Å². The average Bonchev–Trinajstić information content (AvgIpc) is 2.29. The van der Waals surface area contributed by atoms with Crippen LogP contribution in [0.2, 0.25) is 0 Å². The van der Waals surface area contributed by atoms with Gasteiger partial charge in [0.2, 0.25) is 0 Å². The molecule has 4 nitrogen and oxygen atoms in total. The van der Waals surface area contributed by atoms with Crippen LogP contribution >= 0.6 is 11.8 Å². The third-order valence-corrected chi connectivity index (χ3v) is 3.20. The summed E-state index contributed by atoms with van der Waals surface area (Å²) in [7, 11) is 1.90. The molecule has 3 N–H and O–H groups in total. The third kappa shape index (κ3) is 3.85. The summed E-state index contributed by atoms with van der Waals surface area (Å²) in [4.78, 5) is 13.1. The van der Waals surface area contributed by atoms with E-state index in [1.807, 2.05) is 11.9 Å². The van der Waals surface area contributed by atoms with E-state index in [2.05, 4.69) is 6.26 Å². The van der Waals surface area contributed by atoms with Crippen LogP contribution in [-0.2, 0) is 0 Å². The maximum atomic E-state index is 11.1. The van der Waals surface area contributed by atoms with Crippen LogP contribution < -0.4 is 10.6 Å². The number of carboxylic acids is 1. The van der Waals surface area contributed by atoms with Crippen molar-refractivity contribution in [3.05, 3.63) is 23.8 Å². The van der Waals surface area contributed by atoms with E-state index in [9.17, 15) is 4.79 Å². The van der Waals surface area contributed by atoms with Gasteiger partial charge in [-0.1, -0.05) is 0 Å². The summed E-state index contributed by atoms with van der Waals surface area (Å²) < 4.78 is 0. The Morgan fingerprint density at radius 3 is 2.82 bits per heavy atom. The maximum absolute atomic E-state index is 11.1. The summed E-state index contributed by atoms with van der Waals surface area (Å²) in [5.41, 5.74) is 7.05. The van der Waals surface area contributed by atoms with Gasteiger partial charge in [0, 0.05) is 19.3 Å². The van der Waals surface area contributed by atoms with Crippen LogP contribution in [0.1, 0.15) is 16.8 Å². The second-order valence-electron chi connectivity index (χ2n) is 3.85. The molecular weight excluding hydrogens is 236 g/mol. The van der Waals surface area contributed by atoms with Crippen LogP contribution in [0.25, 0.3) is 0 Å². The molecule has 17 heavy (non-hydrogen) atoms. The molecule has 1 rings (SSSR count). The van der Waals surface area contributed by atoms with E-state index >= 15 is 0 Å². The van der Waals surface area contributed by atoms with Crippen LogP contribution in [0.15, 0.2) is 18.2 Å². The van der Waals surface area contributed by atoms with E-state index in [4.69, 9.17) is 10.8 Å². The monoisotopic (exact) mass is 254 g/mol. The molecule has 94 valence electrons. The minimum Gasteiger partial charge on any atom is -0.478 e. The van der Waals surface area contributed by atoms with Crippen LogP contribution in [-0.4, -0.2) is 36.7 Å². The highest BCUT2D eigenvalue weighted by Crippen LogP contribution is 2.22. The topological polar surface area (TPSA) is 66.6 Å². The number of nitrogens with two attached hydrogens (primary N) is 1. The molecule has 0 saturated heterocycles. The lowest BCUT2D eigenvalue weighted by molar-refractivity contribution is 0.0697. The molecule has 0 saturated carbocycles. The van der Waals surface area contributed by atoms with Gasteiger partial charge in [0.1, 0.15) is 0 Å². The van der Waals surface area contributed by atoms with Gasteiger partial charge < -0.3 is 15.7 Å². The molecule has 0 aliphatic heterocycles. The Labute approximate surface area is 106 Å². The fraction of sp³-hybridized carbons (Fsp3) is 0.417. The predicted molar refractivity (Wildman–Crippen MR) is 74.1 cm³/mol. The third-order valence-electron chi connectivity index (χ3n) is 2.50. The largest absolute Gasteiger partial charge is 0.478 e. The summed E-state index contributed by atoms with van der Waals surface area (Å²) in [6.07, 6.45) is 3.09. The molecule has 0 fully saturated rings. The van der Waals surface area contributed by atoms with E-state index in [0.29, 0.717) is 11.4 Å². The molecule has 0 aliphatic carbocycles. The van der Waals surface area contributed by atoms with Gasteiger partial charge >= 0.3 is 5.97 Å². The number of rotatable bonds is 6. The van der Waals surface area contributed by atoms with Crippen molar-refractivity contribution in [3.8, 4) is 0 Å². The van der Waals surface area contributed by atoms with Crippen molar-refractivity contribution < 1.29 is 9.90 Å². The van der Waals surface area contributed by atoms with Gasteiger partial charge in [-0.3, -0.25) is 0 Å². The highest BCUT2D eigenvalue weighted by atomic mass is 32.2. The lowest BCUT2D eigenvalue weighted by Gasteiger charge is -2.21. The lowest BCUT2D eigenvalue weighted by atomic mass is 10.1. The van der Waals surface area contributed by atoms with Crippen molar-refractivity contribution in [3.63, 3.8) is 0 Å². The first-order chi connectivity index (χ1) is 8.06. The molecule has 0 heterocycles. The SMILES string of the molecule is CSCCCN(C)c1ccc(N)cc1C(=O)O. The zero-order valence-corrected chi connectivity index (χ0v) is 11.0. The maximum Gasteiger partial charge on any atom is 0.337 e. The smallest absolute Gasteiger partial charge is 0.337 e. The fourth-order valence-electron chi connectivity index (χ4n) is 1.62. The number of benzene rings is 1. The first-order valence-corrected chi connectivity index (χ1v) is 6.78. The van der Waals surface area contributed by atoms with Gasteiger partial charge in [0.15, 0.2) is 0 Å². The molecule has 5 heteroatoms. The molecule has 0 bridgehead atoms. The zero-order chi connectivity index (χ0) is 12.8. The van der Waals surface area contributed by atoms with Crippen molar-refractivity contribution >= 4 is 29.1 Å². The average molecular weight is 254 g/mol. The number of carboxylic acid groups (broad SMARTS) is 1. The normalized spacial score (nSPS) is 10.2. The van der Waals surface area contributed by atoms with Crippen LogP contribution in [0.4, 0.5) is 11.4 Å². The molecule has 0 atom stereocenters. The van der Waals surface area contributed by atoms with Gasteiger partial charge in [-0.2, -0.15) is 11.8 Å². The number of carbonyl (C=O) groups is 1. The Kier molecular flexibility index (Phi) is 5.15. The molecule has 0 spiro atoms. The Balaban J connectivity index is 2.84. The summed E-state index contributed by atoms with van der Waals surface area (Å²) in [6.45, 7) is 0.838. The standard InChI is InChI=1S/C12H18N2O2S/c1-14(6-3-7-17-2)11-5-4-9(13)8-10(11)12(15)16/h4-5,8H,3,6-7,13H2,1-2H3,(H,15,16). The summed E-state index contributed by atoms with van der Waals surface area (Å²) in [5, 5.41) is 9.12. The minimum absolute atomic E-state index is 0.261. The number of nitrogen functional groups attached to an aromatic ring is 1. The minimum atomic E-state index is -0.941. The van der Waals surface area contributed by atoms with Gasteiger partial charge in [0.05, 0.1) is 11.3 Å². The van der Waals surface area contributed by atoms with Crippen LogP contribution in [0.3, 0.4) is 0 Å². The molecule has 0 radical (unpaired) electrons. The Hall–Kier alpha value is -1.36. The fourth-order valence-corrected chi connectivity index (χ4v) is 2.04. The van der Waals surface area contributed by atoms with Gasteiger partial charge in [-0.15, -0.1) is 0 Å². The van der Waals surface area contributed by atoms with E-state index in [-0.39, 0.29) is 5.56 Å². The van der Waals surface area contributed by atoms with Crippen molar-refractivity contribution in [1.82, 2.24) is 0 Å². The highest BCUT2D eigenvalue weighted by molar-refractivity contribution is 7.98. The van der Waals surface area contributed by atoms with Crippen molar-refractivity contribution in [2.24, 2.45) is 0 Å². The summed E-state index contributed by atoms with van der Waals surface area (Å²) in [6, 6.07) is 4.99. The number of anilines is 2.